The summed E-state index contributed by atoms with van der Waals surface area (Å²) in [6, 6.07) is 1.50. The molecule has 2 saturated carbocycles. The highest BCUT2D eigenvalue weighted by atomic mass is 15.3. The normalized spacial score (nSPS) is 37.7. The third kappa shape index (κ3) is 1.91. The van der Waals surface area contributed by atoms with Gasteiger partial charge in [-0.3, -0.25) is 4.90 Å². The van der Waals surface area contributed by atoms with Crippen LogP contribution in [0.15, 0.2) is 0 Å². The molecule has 3 rings (SSSR count). The lowest BCUT2D eigenvalue weighted by molar-refractivity contribution is 0.0207. The van der Waals surface area contributed by atoms with Crippen molar-refractivity contribution < 1.29 is 0 Å². The molecule has 0 bridgehead atoms. The number of rotatable bonds is 3. The highest BCUT2D eigenvalue weighted by molar-refractivity contribution is 5.02. The fourth-order valence-electron chi connectivity index (χ4n) is 3.53. The average molecular weight is 222 g/mol. The Bertz CT molecular complexity index is 266. The molecule has 0 radical (unpaired) electrons. The van der Waals surface area contributed by atoms with Crippen LogP contribution in [0, 0.1) is 11.8 Å². The molecule has 2 aliphatic carbocycles. The van der Waals surface area contributed by atoms with E-state index in [9.17, 15) is 0 Å². The van der Waals surface area contributed by atoms with Crippen LogP contribution < -0.4 is 5.32 Å². The molecule has 1 saturated heterocycles. The highest BCUT2D eigenvalue weighted by Gasteiger charge is 2.46. The summed E-state index contributed by atoms with van der Waals surface area (Å²) in [5.74, 6) is 1.96. The summed E-state index contributed by atoms with van der Waals surface area (Å²) in [4.78, 5) is 2.80. The average Bonchev–Trinajstić information content (AvgIpc) is 3.09. The van der Waals surface area contributed by atoms with Gasteiger partial charge in [0.15, 0.2) is 0 Å². The fourth-order valence-corrected chi connectivity index (χ4v) is 3.53. The van der Waals surface area contributed by atoms with E-state index in [0.717, 1.165) is 17.9 Å². The highest BCUT2D eigenvalue weighted by Crippen LogP contribution is 2.45. The van der Waals surface area contributed by atoms with Crippen molar-refractivity contribution in [1.82, 2.24) is 10.2 Å². The summed E-state index contributed by atoms with van der Waals surface area (Å²) in [5, 5.41) is 3.75. The van der Waals surface area contributed by atoms with Crippen LogP contribution in [0.4, 0.5) is 0 Å². The Hall–Kier alpha value is -0.0800. The van der Waals surface area contributed by atoms with Gasteiger partial charge in [0.1, 0.15) is 0 Å². The molecular weight excluding hydrogens is 196 g/mol. The third-order valence-electron chi connectivity index (χ3n) is 5.11. The molecule has 3 aliphatic rings. The van der Waals surface area contributed by atoms with Crippen molar-refractivity contribution in [2.45, 2.75) is 64.1 Å². The van der Waals surface area contributed by atoms with Crippen LogP contribution in [0.3, 0.4) is 0 Å². The summed E-state index contributed by atoms with van der Waals surface area (Å²) in [7, 11) is 0. The van der Waals surface area contributed by atoms with E-state index in [1.54, 1.807) is 0 Å². The standard InChI is InChI=1S/C14H26N2/c1-10-8-15-13(11-4-5-11)9-16(10)14(2,3)12-6-7-12/h10-13,15H,4-9H2,1-3H3. The fraction of sp³-hybridized carbons (Fsp3) is 1.00. The second-order valence-electron chi connectivity index (χ2n) is 6.78. The number of hydrogen-bond acceptors (Lipinski definition) is 2. The van der Waals surface area contributed by atoms with Gasteiger partial charge in [-0.05, 0) is 58.3 Å². The van der Waals surface area contributed by atoms with Gasteiger partial charge in [0.2, 0.25) is 0 Å². The molecule has 0 aromatic carbocycles. The van der Waals surface area contributed by atoms with Crippen molar-refractivity contribution in [1.29, 1.82) is 0 Å². The molecule has 2 heteroatoms. The molecule has 0 aromatic heterocycles. The van der Waals surface area contributed by atoms with Crippen LogP contribution in [0.5, 0.6) is 0 Å². The monoisotopic (exact) mass is 222 g/mol. The van der Waals surface area contributed by atoms with Crippen LogP contribution >= 0.6 is 0 Å². The molecule has 0 aromatic rings. The first-order chi connectivity index (χ1) is 7.59. The van der Waals surface area contributed by atoms with Gasteiger partial charge in [-0.25, -0.2) is 0 Å². The number of piperazine rings is 1. The minimum atomic E-state index is 0.439. The van der Waals surface area contributed by atoms with Crippen molar-refractivity contribution in [2.24, 2.45) is 11.8 Å². The van der Waals surface area contributed by atoms with Gasteiger partial charge < -0.3 is 5.32 Å². The van der Waals surface area contributed by atoms with Crippen LogP contribution in [0.2, 0.25) is 0 Å². The lowest BCUT2D eigenvalue weighted by Crippen LogP contribution is -2.63. The van der Waals surface area contributed by atoms with Crippen LogP contribution in [0.25, 0.3) is 0 Å². The van der Waals surface area contributed by atoms with Crippen molar-refractivity contribution in [3.8, 4) is 0 Å². The maximum Gasteiger partial charge on any atom is 0.0224 e. The van der Waals surface area contributed by atoms with E-state index in [1.165, 1.54) is 38.8 Å². The molecule has 1 N–H and O–H groups in total. The van der Waals surface area contributed by atoms with Crippen molar-refractivity contribution in [3.63, 3.8) is 0 Å². The molecule has 92 valence electrons. The molecule has 1 aliphatic heterocycles. The minimum absolute atomic E-state index is 0.439. The zero-order valence-electron chi connectivity index (χ0n) is 11.0. The SMILES string of the molecule is CC1CNC(C2CC2)CN1C(C)(C)C1CC1. The predicted molar refractivity (Wildman–Crippen MR) is 67.5 cm³/mol. The first-order valence-corrected chi connectivity index (χ1v) is 7.09. The van der Waals surface area contributed by atoms with Gasteiger partial charge in [-0.1, -0.05) is 0 Å². The Morgan fingerprint density at radius 2 is 1.81 bits per heavy atom. The second-order valence-corrected chi connectivity index (χ2v) is 6.78. The third-order valence-corrected chi connectivity index (χ3v) is 5.11. The van der Waals surface area contributed by atoms with Gasteiger partial charge in [-0.15, -0.1) is 0 Å². The van der Waals surface area contributed by atoms with Crippen LogP contribution in [-0.2, 0) is 0 Å². The summed E-state index contributed by atoms with van der Waals surface area (Å²) in [5.41, 5.74) is 0.439. The molecular formula is C14H26N2. The largest absolute Gasteiger partial charge is 0.311 e. The van der Waals surface area contributed by atoms with Crippen LogP contribution in [-0.4, -0.2) is 35.6 Å². The van der Waals surface area contributed by atoms with E-state index in [-0.39, 0.29) is 0 Å². The first-order valence-electron chi connectivity index (χ1n) is 7.09. The van der Waals surface area contributed by atoms with Gasteiger partial charge >= 0.3 is 0 Å². The van der Waals surface area contributed by atoms with E-state index in [1.807, 2.05) is 0 Å². The number of nitrogens with zero attached hydrogens (tertiary/aromatic N) is 1. The molecule has 2 unspecified atom stereocenters. The zero-order chi connectivity index (χ0) is 11.3. The zero-order valence-corrected chi connectivity index (χ0v) is 11.0. The topological polar surface area (TPSA) is 15.3 Å². The molecule has 3 fully saturated rings. The van der Waals surface area contributed by atoms with E-state index in [4.69, 9.17) is 0 Å². The molecule has 2 nitrogen and oxygen atoms in total. The van der Waals surface area contributed by atoms with Gasteiger partial charge in [0.05, 0.1) is 0 Å². The van der Waals surface area contributed by atoms with E-state index in [0.29, 0.717) is 11.6 Å². The van der Waals surface area contributed by atoms with Crippen molar-refractivity contribution in [3.05, 3.63) is 0 Å². The molecule has 0 spiro atoms. The smallest absolute Gasteiger partial charge is 0.0224 e. The summed E-state index contributed by atoms with van der Waals surface area (Å²) in [6.07, 6.45) is 5.84. The first kappa shape index (κ1) is 11.0. The van der Waals surface area contributed by atoms with E-state index < -0.39 is 0 Å². The van der Waals surface area contributed by atoms with Gasteiger partial charge in [0.25, 0.3) is 0 Å². The Balaban J connectivity index is 1.70. The van der Waals surface area contributed by atoms with E-state index >= 15 is 0 Å². The lowest BCUT2D eigenvalue weighted by atomic mass is 9.91. The Morgan fingerprint density at radius 1 is 1.12 bits per heavy atom. The Kier molecular flexibility index (Phi) is 2.56. The second kappa shape index (κ2) is 3.71. The maximum atomic E-state index is 3.75. The molecule has 16 heavy (non-hydrogen) atoms. The number of nitrogens with one attached hydrogen (secondary N) is 1. The molecule has 2 atom stereocenters. The van der Waals surface area contributed by atoms with Gasteiger partial charge in [0, 0.05) is 30.7 Å². The Labute approximate surface area is 99.8 Å². The summed E-state index contributed by atoms with van der Waals surface area (Å²) >= 11 is 0. The van der Waals surface area contributed by atoms with Crippen LogP contribution in [0.1, 0.15) is 46.5 Å². The Morgan fingerprint density at radius 3 is 2.38 bits per heavy atom. The minimum Gasteiger partial charge on any atom is -0.311 e. The van der Waals surface area contributed by atoms with Crippen molar-refractivity contribution in [2.75, 3.05) is 13.1 Å². The number of hydrogen-bond donors (Lipinski definition) is 1. The van der Waals surface area contributed by atoms with Crippen molar-refractivity contribution >= 4 is 0 Å². The van der Waals surface area contributed by atoms with E-state index in [2.05, 4.69) is 31.0 Å². The lowest BCUT2D eigenvalue weighted by Gasteiger charge is -2.48. The maximum absolute atomic E-state index is 3.75. The quantitative estimate of drug-likeness (QED) is 0.788. The summed E-state index contributed by atoms with van der Waals surface area (Å²) < 4.78 is 0. The predicted octanol–water partition coefficient (Wildman–Crippen LogP) is 2.25. The molecule has 1 heterocycles. The summed E-state index contributed by atoms with van der Waals surface area (Å²) in [6.45, 7) is 9.81. The molecule has 0 amide bonds. The van der Waals surface area contributed by atoms with Gasteiger partial charge in [-0.2, -0.15) is 0 Å².